The van der Waals surface area contributed by atoms with Gasteiger partial charge in [-0.25, -0.2) is 0 Å². The number of piperidine rings is 1. The van der Waals surface area contributed by atoms with Crippen LogP contribution in [0.15, 0.2) is 59.3 Å². The van der Waals surface area contributed by atoms with Crippen LogP contribution in [-0.4, -0.2) is 60.2 Å². The Hall–Kier alpha value is -3.00. The average molecular weight is 548 g/mol. The van der Waals surface area contributed by atoms with Gasteiger partial charge in [-0.05, 0) is 73.5 Å². The Balaban J connectivity index is 1.36. The quantitative estimate of drug-likeness (QED) is 0.174. The molecular weight excluding hydrogens is 502 g/mol. The summed E-state index contributed by atoms with van der Waals surface area (Å²) in [7, 11) is 1.66. The topological polar surface area (TPSA) is 80.9 Å². The molecule has 4 rings (SSSR count). The molecular formula is C33H45N3O4. The fourth-order valence-electron chi connectivity index (χ4n) is 5.44. The van der Waals surface area contributed by atoms with E-state index in [1.54, 1.807) is 7.11 Å². The molecule has 0 atom stereocenters. The minimum atomic E-state index is -0.378. The van der Waals surface area contributed by atoms with Crippen molar-refractivity contribution < 1.29 is 19.1 Å². The van der Waals surface area contributed by atoms with Crippen molar-refractivity contribution in [2.45, 2.75) is 59.4 Å². The molecule has 1 aromatic heterocycles. The molecule has 3 aromatic rings. The number of nitrogens with zero attached hydrogens (tertiary/aromatic N) is 3. The average Bonchev–Trinajstić information content (AvgIpc) is 3.44. The molecule has 0 bridgehead atoms. The van der Waals surface area contributed by atoms with Crippen LogP contribution in [-0.2, 0) is 28.9 Å². The van der Waals surface area contributed by atoms with Crippen LogP contribution in [0.2, 0.25) is 0 Å². The first-order valence-electron chi connectivity index (χ1n) is 14.6. The number of methoxy groups -OCH3 is 1. The molecule has 0 radical (unpaired) electrons. The Kier molecular flexibility index (Phi) is 10.5. The predicted octanol–water partition coefficient (Wildman–Crippen LogP) is 6.87. The van der Waals surface area contributed by atoms with Crippen molar-refractivity contribution in [3.8, 4) is 22.8 Å². The van der Waals surface area contributed by atoms with Gasteiger partial charge in [-0.15, -0.1) is 0 Å². The second kappa shape index (κ2) is 14.1. The monoisotopic (exact) mass is 547 g/mol. The summed E-state index contributed by atoms with van der Waals surface area (Å²) in [6, 6.07) is 14.9. The Morgan fingerprint density at radius 3 is 2.45 bits per heavy atom. The lowest BCUT2D eigenvalue weighted by Crippen LogP contribution is -2.43. The van der Waals surface area contributed by atoms with Gasteiger partial charge in [0.15, 0.2) is 0 Å². The van der Waals surface area contributed by atoms with Gasteiger partial charge in [-0.1, -0.05) is 69.3 Å². The van der Waals surface area contributed by atoms with E-state index in [2.05, 4.69) is 79.9 Å². The van der Waals surface area contributed by atoms with E-state index < -0.39 is 0 Å². The van der Waals surface area contributed by atoms with E-state index in [0.29, 0.717) is 37.5 Å². The number of rotatable bonds is 14. The third kappa shape index (κ3) is 7.59. The zero-order valence-corrected chi connectivity index (χ0v) is 24.6. The summed E-state index contributed by atoms with van der Waals surface area (Å²) in [5.41, 5.74) is 5.54. The van der Waals surface area contributed by atoms with Gasteiger partial charge >= 0.3 is 0 Å². The number of likely N-dealkylation sites (tertiary alicyclic amines) is 1. The number of aliphatic hydroxyl groups is 1. The summed E-state index contributed by atoms with van der Waals surface area (Å²) in [6.07, 6.45) is 4.87. The summed E-state index contributed by atoms with van der Waals surface area (Å²) in [6.45, 7) is 14.7. The molecule has 0 saturated carbocycles. The fraction of sp³-hybridized carbons (Fsp3) is 0.515. The summed E-state index contributed by atoms with van der Waals surface area (Å²) in [5.74, 6) is 2.00. The van der Waals surface area contributed by atoms with Crippen molar-refractivity contribution in [1.29, 1.82) is 0 Å². The van der Waals surface area contributed by atoms with Gasteiger partial charge in [-0.3, -0.25) is 4.90 Å². The number of aliphatic hydroxyl groups excluding tert-OH is 1. The maximum atomic E-state index is 10.3. The molecule has 40 heavy (non-hydrogen) atoms. The van der Waals surface area contributed by atoms with E-state index in [1.165, 1.54) is 16.7 Å². The number of hydrogen-bond acceptors (Lipinski definition) is 7. The van der Waals surface area contributed by atoms with Crippen molar-refractivity contribution in [2.75, 3.05) is 40.0 Å². The van der Waals surface area contributed by atoms with E-state index >= 15 is 0 Å². The molecule has 7 nitrogen and oxygen atoms in total. The van der Waals surface area contributed by atoms with Crippen molar-refractivity contribution in [2.24, 2.45) is 11.3 Å². The lowest BCUT2D eigenvalue weighted by molar-refractivity contribution is -0.0161. The third-order valence-electron chi connectivity index (χ3n) is 7.88. The Bertz CT molecular complexity index is 1230. The second-order valence-electron chi connectivity index (χ2n) is 11.5. The molecule has 1 N–H and O–H groups in total. The molecule has 1 aliphatic heterocycles. The van der Waals surface area contributed by atoms with Crippen LogP contribution in [0.4, 0.5) is 0 Å². The highest BCUT2D eigenvalue weighted by atomic mass is 16.5. The Labute approximate surface area is 239 Å². The van der Waals surface area contributed by atoms with Crippen LogP contribution < -0.4 is 0 Å². The maximum Gasteiger partial charge on any atom is 0.258 e. The summed E-state index contributed by atoms with van der Waals surface area (Å²) in [4.78, 5) is 7.13. The van der Waals surface area contributed by atoms with E-state index in [9.17, 15) is 5.11 Å². The minimum Gasteiger partial charge on any atom is -0.512 e. The number of aryl methyl sites for hydroxylation is 1. The van der Waals surface area contributed by atoms with Gasteiger partial charge in [-0.2, -0.15) is 4.98 Å². The zero-order chi connectivity index (χ0) is 28.5. The van der Waals surface area contributed by atoms with Crippen molar-refractivity contribution >= 4 is 0 Å². The van der Waals surface area contributed by atoms with Gasteiger partial charge in [0.1, 0.15) is 0 Å². The molecule has 1 saturated heterocycles. The first-order valence-corrected chi connectivity index (χ1v) is 14.6. The largest absolute Gasteiger partial charge is 0.512 e. The highest BCUT2D eigenvalue weighted by Gasteiger charge is 2.37. The van der Waals surface area contributed by atoms with Gasteiger partial charge in [0.05, 0.1) is 31.0 Å². The zero-order valence-electron chi connectivity index (χ0n) is 24.6. The lowest BCUT2D eigenvalue weighted by Gasteiger charge is -2.41. The van der Waals surface area contributed by atoms with Crippen molar-refractivity contribution in [1.82, 2.24) is 15.0 Å². The Morgan fingerprint density at radius 1 is 1.07 bits per heavy atom. The molecule has 2 heterocycles. The van der Waals surface area contributed by atoms with Gasteiger partial charge < -0.3 is 19.1 Å². The third-order valence-corrected chi connectivity index (χ3v) is 7.88. The van der Waals surface area contributed by atoms with Crippen LogP contribution in [0.1, 0.15) is 56.7 Å². The van der Waals surface area contributed by atoms with E-state index in [-0.39, 0.29) is 11.2 Å². The summed E-state index contributed by atoms with van der Waals surface area (Å²) < 4.78 is 16.5. The van der Waals surface area contributed by atoms with E-state index in [4.69, 9.17) is 19.0 Å². The van der Waals surface area contributed by atoms with E-state index in [1.807, 2.05) is 0 Å². The lowest BCUT2D eigenvalue weighted by atomic mass is 9.77. The van der Waals surface area contributed by atoms with Gasteiger partial charge in [0, 0.05) is 24.8 Å². The molecule has 1 aliphatic rings. The number of hydrogen-bond donors (Lipinski definition) is 1. The number of benzene rings is 2. The van der Waals surface area contributed by atoms with Crippen molar-refractivity contribution in [3.63, 3.8) is 0 Å². The highest BCUT2D eigenvalue weighted by molar-refractivity contribution is 5.61. The molecule has 0 amide bonds. The maximum absolute atomic E-state index is 10.3. The summed E-state index contributed by atoms with van der Waals surface area (Å²) in [5, 5.41) is 14.6. The molecule has 0 unspecified atom stereocenters. The van der Waals surface area contributed by atoms with Crippen LogP contribution >= 0.6 is 0 Å². The highest BCUT2D eigenvalue weighted by Crippen LogP contribution is 2.37. The van der Waals surface area contributed by atoms with Gasteiger partial charge in [0.2, 0.25) is 5.82 Å². The number of ether oxygens (including phenoxy) is 2. The van der Waals surface area contributed by atoms with Crippen LogP contribution in [0, 0.1) is 11.3 Å². The van der Waals surface area contributed by atoms with Crippen molar-refractivity contribution in [3.05, 3.63) is 71.5 Å². The first kappa shape index (κ1) is 30.0. The SMILES string of the molecule is C=C(O)C1(COCCOC)CCN(Cc2ccc(-c3noc(-c4ccc(CC(C)C)c(CCC)c4)n3)cc2)CC1. The molecule has 7 heteroatoms. The molecule has 216 valence electrons. The minimum absolute atomic E-state index is 0.224. The smallest absolute Gasteiger partial charge is 0.258 e. The van der Waals surface area contributed by atoms with Crippen LogP contribution in [0.3, 0.4) is 0 Å². The first-order chi connectivity index (χ1) is 19.3. The number of aromatic nitrogens is 2. The fourth-order valence-corrected chi connectivity index (χ4v) is 5.44. The standard InChI is InChI=1S/C33H45N3O4/c1-6-7-28-21-30(13-12-29(28)20-24(2)3)32-34-31(35-40-32)27-10-8-26(9-11-27)22-36-16-14-33(15-17-36,25(4)37)23-39-19-18-38-5/h8-13,21,24,37H,4,6-7,14-20,22-23H2,1-3,5H3. The van der Waals surface area contributed by atoms with Crippen LogP contribution in [0.25, 0.3) is 22.8 Å². The molecule has 0 aliphatic carbocycles. The molecule has 2 aromatic carbocycles. The summed E-state index contributed by atoms with van der Waals surface area (Å²) >= 11 is 0. The molecule has 1 fully saturated rings. The Morgan fingerprint density at radius 2 is 1.80 bits per heavy atom. The molecule has 0 spiro atoms. The van der Waals surface area contributed by atoms with Gasteiger partial charge in [0.25, 0.3) is 5.89 Å². The van der Waals surface area contributed by atoms with E-state index in [0.717, 1.165) is 62.9 Å². The second-order valence-corrected chi connectivity index (χ2v) is 11.5. The van der Waals surface area contributed by atoms with Crippen LogP contribution in [0.5, 0.6) is 0 Å². The predicted molar refractivity (Wildman–Crippen MR) is 159 cm³/mol. The normalized spacial score (nSPS) is 15.5.